The Hall–Kier alpha value is -2.37. The van der Waals surface area contributed by atoms with Crippen molar-refractivity contribution in [1.82, 2.24) is 15.1 Å². The molecule has 0 radical (unpaired) electrons. The zero-order valence-corrected chi connectivity index (χ0v) is 18.5. The van der Waals surface area contributed by atoms with Crippen molar-refractivity contribution >= 4 is 34.7 Å². The number of benzene rings is 1. The van der Waals surface area contributed by atoms with Crippen molar-refractivity contribution in [1.29, 1.82) is 0 Å². The van der Waals surface area contributed by atoms with Crippen LogP contribution in [0.2, 0.25) is 10.0 Å². The van der Waals surface area contributed by atoms with Crippen LogP contribution in [0.4, 0.5) is 5.95 Å². The summed E-state index contributed by atoms with van der Waals surface area (Å²) in [4.78, 5) is 11.1. The molecular formula is C24H22Cl2N4O. The van der Waals surface area contributed by atoms with Crippen LogP contribution in [0.25, 0.3) is 16.8 Å². The van der Waals surface area contributed by atoms with E-state index in [-0.39, 0.29) is 5.41 Å². The number of rotatable bonds is 4. The average molecular weight is 453 g/mol. The van der Waals surface area contributed by atoms with Gasteiger partial charge < -0.3 is 9.42 Å². The number of allylic oxidation sites excluding steroid dienone is 2. The number of anilines is 1. The molecule has 1 spiro atoms. The first-order valence-electron chi connectivity index (χ1n) is 10.8. The highest BCUT2D eigenvalue weighted by atomic mass is 35.5. The van der Waals surface area contributed by atoms with Crippen LogP contribution in [-0.4, -0.2) is 28.2 Å². The summed E-state index contributed by atoms with van der Waals surface area (Å²) in [7, 11) is 0. The van der Waals surface area contributed by atoms with Gasteiger partial charge in [0.25, 0.3) is 0 Å². The van der Waals surface area contributed by atoms with Gasteiger partial charge in [-0.3, -0.25) is 0 Å². The molecule has 3 aromatic rings. The van der Waals surface area contributed by atoms with Gasteiger partial charge >= 0.3 is 0 Å². The Balaban J connectivity index is 1.30. The Morgan fingerprint density at radius 1 is 0.968 bits per heavy atom. The Labute approximate surface area is 191 Å². The SMILES string of the molecule is Clc1cccc(Cl)c1-c1noc(C2CC2)c1C1=CC2(CCN(c3ncccn3)CC2)C1. The third-order valence-corrected chi connectivity index (χ3v) is 7.43. The van der Waals surface area contributed by atoms with E-state index in [9.17, 15) is 0 Å². The van der Waals surface area contributed by atoms with Gasteiger partial charge in [-0.2, -0.15) is 0 Å². The Kier molecular flexibility index (Phi) is 4.58. The topological polar surface area (TPSA) is 55.1 Å². The van der Waals surface area contributed by atoms with Crippen molar-refractivity contribution in [3.8, 4) is 11.3 Å². The van der Waals surface area contributed by atoms with Crippen LogP contribution < -0.4 is 4.90 Å². The third-order valence-electron chi connectivity index (χ3n) is 6.80. The molecule has 0 amide bonds. The van der Waals surface area contributed by atoms with E-state index in [1.807, 2.05) is 24.3 Å². The normalized spacial score (nSPS) is 19.9. The van der Waals surface area contributed by atoms with Gasteiger partial charge in [-0.1, -0.05) is 40.5 Å². The van der Waals surface area contributed by atoms with Gasteiger partial charge in [0.15, 0.2) is 0 Å². The third kappa shape index (κ3) is 3.35. The lowest BCUT2D eigenvalue weighted by Crippen LogP contribution is -2.42. The molecule has 2 aliphatic carbocycles. The van der Waals surface area contributed by atoms with E-state index < -0.39 is 0 Å². The van der Waals surface area contributed by atoms with E-state index in [4.69, 9.17) is 27.7 Å². The number of halogens is 2. The van der Waals surface area contributed by atoms with Crippen LogP contribution in [0.1, 0.15) is 49.3 Å². The molecular weight excluding hydrogens is 431 g/mol. The summed E-state index contributed by atoms with van der Waals surface area (Å²) in [5.41, 5.74) is 4.24. The van der Waals surface area contributed by atoms with Gasteiger partial charge in [0.05, 0.1) is 10.0 Å². The summed E-state index contributed by atoms with van der Waals surface area (Å²) >= 11 is 13.0. The monoisotopic (exact) mass is 452 g/mol. The molecule has 1 aliphatic heterocycles. The fraction of sp³-hybridized carbons (Fsp3) is 0.375. The molecule has 2 aromatic heterocycles. The van der Waals surface area contributed by atoms with Crippen LogP contribution in [0.5, 0.6) is 0 Å². The summed E-state index contributed by atoms with van der Waals surface area (Å²) in [6.45, 7) is 1.94. The van der Waals surface area contributed by atoms with Crippen molar-refractivity contribution in [2.24, 2.45) is 5.41 Å². The minimum Gasteiger partial charge on any atom is -0.360 e. The van der Waals surface area contributed by atoms with E-state index in [0.29, 0.717) is 16.0 Å². The number of nitrogens with zero attached hydrogens (tertiary/aromatic N) is 4. The Morgan fingerprint density at radius 3 is 2.29 bits per heavy atom. The molecule has 0 bridgehead atoms. The molecule has 0 atom stereocenters. The van der Waals surface area contributed by atoms with E-state index in [1.54, 1.807) is 12.4 Å². The number of hydrogen-bond donors (Lipinski definition) is 0. The van der Waals surface area contributed by atoms with E-state index in [1.165, 1.54) is 5.57 Å². The van der Waals surface area contributed by atoms with E-state index >= 15 is 0 Å². The van der Waals surface area contributed by atoms with Crippen LogP contribution in [0.3, 0.4) is 0 Å². The maximum Gasteiger partial charge on any atom is 0.225 e. The first-order chi connectivity index (χ1) is 15.1. The summed E-state index contributed by atoms with van der Waals surface area (Å²) < 4.78 is 5.86. The number of hydrogen-bond acceptors (Lipinski definition) is 5. The smallest absolute Gasteiger partial charge is 0.225 e. The summed E-state index contributed by atoms with van der Waals surface area (Å²) in [5, 5.41) is 5.66. The maximum atomic E-state index is 6.52. The fourth-order valence-corrected chi connectivity index (χ4v) is 5.52. The molecule has 1 saturated carbocycles. The highest BCUT2D eigenvalue weighted by Gasteiger charge is 2.44. The maximum absolute atomic E-state index is 6.52. The average Bonchev–Trinajstić information content (AvgIpc) is 3.53. The minimum absolute atomic E-state index is 0.236. The van der Waals surface area contributed by atoms with Gasteiger partial charge in [-0.05, 0) is 61.3 Å². The molecule has 0 unspecified atom stereocenters. The lowest BCUT2D eigenvalue weighted by atomic mass is 9.63. The molecule has 5 nitrogen and oxygen atoms in total. The van der Waals surface area contributed by atoms with Crippen molar-refractivity contribution in [3.05, 3.63) is 64.1 Å². The Bertz CT molecular complexity index is 1140. The lowest BCUT2D eigenvalue weighted by Gasteiger charge is -2.46. The minimum atomic E-state index is 0.236. The number of piperidine rings is 1. The first-order valence-corrected chi connectivity index (χ1v) is 11.6. The van der Waals surface area contributed by atoms with Gasteiger partial charge in [-0.25, -0.2) is 9.97 Å². The molecule has 1 aromatic carbocycles. The van der Waals surface area contributed by atoms with Crippen molar-refractivity contribution in [3.63, 3.8) is 0 Å². The standard InChI is InChI=1S/C24H22Cl2N4O/c25-17-3-1-4-18(26)20(17)21-19(22(31-29-21)15-5-6-15)16-13-24(14-16)7-11-30(12-8-24)23-27-9-2-10-28-23/h1-4,9-10,13,15H,5-8,11-12,14H2. The van der Waals surface area contributed by atoms with Gasteiger partial charge in [0.1, 0.15) is 11.5 Å². The largest absolute Gasteiger partial charge is 0.360 e. The zero-order valence-electron chi connectivity index (χ0n) is 17.0. The Morgan fingerprint density at radius 2 is 1.65 bits per heavy atom. The van der Waals surface area contributed by atoms with Crippen molar-refractivity contribution < 1.29 is 4.52 Å². The molecule has 2 fully saturated rings. The molecule has 31 heavy (non-hydrogen) atoms. The molecule has 1 saturated heterocycles. The van der Waals surface area contributed by atoms with Crippen molar-refractivity contribution in [2.45, 2.75) is 38.0 Å². The van der Waals surface area contributed by atoms with Crippen LogP contribution >= 0.6 is 23.2 Å². The second-order valence-corrected chi connectivity index (χ2v) is 9.70. The second-order valence-electron chi connectivity index (χ2n) is 8.89. The first kappa shape index (κ1) is 19.3. The van der Waals surface area contributed by atoms with Crippen LogP contribution in [0, 0.1) is 5.41 Å². The second kappa shape index (κ2) is 7.35. The molecule has 3 heterocycles. The summed E-state index contributed by atoms with van der Waals surface area (Å²) in [6.07, 6.45) is 11.6. The van der Waals surface area contributed by atoms with Gasteiger partial charge in [-0.15, -0.1) is 0 Å². The summed E-state index contributed by atoms with van der Waals surface area (Å²) in [6, 6.07) is 7.43. The molecule has 158 valence electrons. The molecule has 0 N–H and O–H groups in total. The molecule has 3 aliphatic rings. The van der Waals surface area contributed by atoms with Gasteiger partial charge in [0.2, 0.25) is 5.95 Å². The van der Waals surface area contributed by atoms with Crippen LogP contribution in [0.15, 0.2) is 47.3 Å². The number of aromatic nitrogens is 3. The zero-order chi connectivity index (χ0) is 21.0. The predicted molar refractivity (Wildman–Crippen MR) is 122 cm³/mol. The molecule has 6 rings (SSSR count). The molecule has 7 heteroatoms. The quantitative estimate of drug-likeness (QED) is 0.458. The highest BCUT2D eigenvalue weighted by molar-refractivity contribution is 6.39. The van der Waals surface area contributed by atoms with Crippen molar-refractivity contribution in [2.75, 3.05) is 18.0 Å². The van der Waals surface area contributed by atoms with Crippen LogP contribution in [-0.2, 0) is 0 Å². The highest BCUT2D eigenvalue weighted by Crippen LogP contribution is 2.56. The summed E-state index contributed by atoms with van der Waals surface area (Å²) in [5.74, 6) is 2.29. The lowest BCUT2D eigenvalue weighted by molar-refractivity contribution is 0.276. The fourth-order valence-electron chi connectivity index (χ4n) is 4.94. The van der Waals surface area contributed by atoms with E-state index in [2.05, 4.69) is 26.1 Å². The van der Waals surface area contributed by atoms with E-state index in [0.717, 1.165) is 73.7 Å². The van der Waals surface area contributed by atoms with Gasteiger partial charge in [0, 0.05) is 42.5 Å². The predicted octanol–water partition coefficient (Wildman–Crippen LogP) is 6.39.